The number of fused-ring (bicyclic) bond motifs is 3. The van der Waals surface area contributed by atoms with Crippen LogP contribution in [0.4, 0.5) is 4.79 Å². The minimum atomic E-state index is -0.259. The number of benzene rings is 2. The first-order valence-electron chi connectivity index (χ1n) is 8.71. The third kappa shape index (κ3) is 2.62. The van der Waals surface area contributed by atoms with Gasteiger partial charge in [-0.3, -0.25) is 0 Å². The summed E-state index contributed by atoms with van der Waals surface area (Å²) in [6.45, 7) is 4.22. The molecule has 1 aliphatic carbocycles. The monoisotopic (exact) mass is 334 g/mol. The van der Waals surface area contributed by atoms with Crippen molar-refractivity contribution in [3.05, 3.63) is 64.2 Å². The maximum absolute atomic E-state index is 12.3. The fraction of sp³-hybridized carbons (Fsp3) is 0.333. The number of hydrogen-bond donors (Lipinski definition) is 1. The molecule has 0 saturated heterocycles. The van der Waals surface area contributed by atoms with E-state index < -0.39 is 0 Å². The number of methoxy groups -OCH3 is 1. The van der Waals surface area contributed by atoms with E-state index in [2.05, 4.69) is 48.4 Å². The first-order chi connectivity index (χ1) is 12.1. The molecule has 1 N–H and O–H groups in total. The highest BCUT2D eigenvalue weighted by atomic mass is 16.5. The normalized spacial score (nSPS) is 21.7. The van der Waals surface area contributed by atoms with Crippen molar-refractivity contribution >= 4 is 11.7 Å². The zero-order chi connectivity index (χ0) is 17.6. The molecule has 25 heavy (non-hydrogen) atoms. The molecular weight excluding hydrogens is 312 g/mol. The second-order valence-electron chi connectivity index (χ2n) is 6.90. The van der Waals surface area contributed by atoms with E-state index >= 15 is 0 Å². The third-order valence-electron chi connectivity index (χ3n) is 5.48. The summed E-state index contributed by atoms with van der Waals surface area (Å²) in [5.74, 6) is 1.08. The Morgan fingerprint density at radius 3 is 2.76 bits per heavy atom. The molecule has 2 atom stereocenters. The van der Waals surface area contributed by atoms with Gasteiger partial charge in [0.15, 0.2) is 0 Å². The molecule has 1 heterocycles. The minimum Gasteiger partial charge on any atom is -0.496 e. The highest BCUT2D eigenvalue weighted by molar-refractivity contribution is 6.11. The number of amides is 2. The molecule has 2 unspecified atom stereocenters. The number of rotatable bonds is 2. The molecule has 0 spiro atoms. The lowest BCUT2D eigenvalue weighted by atomic mass is 9.75. The number of ether oxygens (including phenoxy) is 1. The van der Waals surface area contributed by atoms with Crippen molar-refractivity contribution in [3.8, 4) is 5.75 Å². The lowest BCUT2D eigenvalue weighted by Crippen LogP contribution is -2.43. The molecule has 0 saturated carbocycles. The molecule has 2 aromatic rings. The molecule has 128 valence electrons. The smallest absolute Gasteiger partial charge is 0.341 e. The van der Waals surface area contributed by atoms with Crippen molar-refractivity contribution < 1.29 is 9.53 Å². The predicted octanol–water partition coefficient (Wildman–Crippen LogP) is 4.13. The predicted molar refractivity (Wildman–Crippen MR) is 98.5 cm³/mol. The number of aryl methyl sites for hydroxylation is 2. The van der Waals surface area contributed by atoms with Gasteiger partial charge >= 0.3 is 6.03 Å². The number of aliphatic imine (C=N–C) groups is 1. The summed E-state index contributed by atoms with van der Waals surface area (Å²) in [6, 6.07) is 12.1. The first kappa shape index (κ1) is 15.9. The van der Waals surface area contributed by atoms with Crippen molar-refractivity contribution in [2.45, 2.75) is 32.7 Å². The van der Waals surface area contributed by atoms with Crippen molar-refractivity contribution in [3.63, 3.8) is 0 Å². The SMILES string of the molecule is COc1cccc2c1CCC1C2=NC(=O)NC1c1ccc(C)c(C)c1. The minimum absolute atomic E-state index is 0.0290. The largest absolute Gasteiger partial charge is 0.496 e. The Morgan fingerprint density at radius 2 is 2.00 bits per heavy atom. The molecule has 0 radical (unpaired) electrons. The van der Waals surface area contributed by atoms with Gasteiger partial charge in [0.2, 0.25) is 0 Å². The van der Waals surface area contributed by atoms with Crippen LogP contribution in [0.2, 0.25) is 0 Å². The van der Waals surface area contributed by atoms with Crippen LogP contribution in [0.1, 0.15) is 40.3 Å². The Hall–Kier alpha value is -2.62. The average molecular weight is 334 g/mol. The number of carbonyl (C=O) groups is 1. The van der Waals surface area contributed by atoms with Crippen molar-refractivity contribution in [1.82, 2.24) is 5.32 Å². The summed E-state index contributed by atoms with van der Waals surface area (Å²) in [7, 11) is 1.69. The van der Waals surface area contributed by atoms with E-state index in [1.165, 1.54) is 11.1 Å². The average Bonchev–Trinajstić information content (AvgIpc) is 2.62. The van der Waals surface area contributed by atoms with Gasteiger partial charge in [-0.2, -0.15) is 4.99 Å². The molecule has 4 heteroatoms. The van der Waals surface area contributed by atoms with Crippen LogP contribution in [0, 0.1) is 19.8 Å². The number of hydrogen-bond acceptors (Lipinski definition) is 2. The maximum atomic E-state index is 12.3. The lowest BCUT2D eigenvalue weighted by molar-refractivity contribution is 0.239. The molecule has 0 fully saturated rings. The Bertz CT molecular complexity index is 885. The van der Waals surface area contributed by atoms with E-state index in [9.17, 15) is 4.79 Å². The van der Waals surface area contributed by atoms with Gasteiger partial charge in [0.25, 0.3) is 0 Å². The van der Waals surface area contributed by atoms with Gasteiger partial charge in [0.05, 0.1) is 18.9 Å². The van der Waals surface area contributed by atoms with Crippen LogP contribution in [0.15, 0.2) is 41.4 Å². The maximum Gasteiger partial charge on any atom is 0.341 e. The summed E-state index contributed by atoms with van der Waals surface area (Å²) in [5.41, 5.74) is 6.77. The Kier molecular flexibility index (Phi) is 3.83. The Labute approximate surface area is 147 Å². The summed E-state index contributed by atoms with van der Waals surface area (Å²) >= 11 is 0. The number of nitrogens with one attached hydrogen (secondary N) is 1. The molecular formula is C21H22N2O2. The Balaban J connectivity index is 1.79. The van der Waals surface area contributed by atoms with Gasteiger partial charge < -0.3 is 10.1 Å². The van der Waals surface area contributed by atoms with Gasteiger partial charge in [-0.1, -0.05) is 30.3 Å². The molecule has 1 aliphatic heterocycles. The number of urea groups is 1. The van der Waals surface area contributed by atoms with E-state index in [0.29, 0.717) is 0 Å². The van der Waals surface area contributed by atoms with E-state index in [4.69, 9.17) is 4.74 Å². The van der Waals surface area contributed by atoms with Gasteiger partial charge in [-0.05, 0) is 49.4 Å². The van der Waals surface area contributed by atoms with Crippen LogP contribution in [0.5, 0.6) is 5.75 Å². The molecule has 0 aromatic heterocycles. The van der Waals surface area contributed by atoms with Crippen molar-refractivity contribution in [2.24, 2.45) is 10.9 Å². The van der Waals surface area contributed by atoms with Crippen LogP contribution >= 0.6 is 0 Å². The fourth-order valence-electron chi connectivity index (χ4n) is 4.01. The van der Waals surface area contributed by atoms with Crippen LogP contribution in [-0.4, -0.2) is 18.9 Å². The number of carbonyl (C=O) groups excluding carboxylic acids is 1. The highest BCUT2D eigenvalue weighted by Crippen LogP contribution is 2.40. The summed E-state index contributed by atoms with van der Waals surface area (Å²) in [4.78, 5) is 16.6. The summed E-state index contributed by atoms with van der Waals surface area (Å²) in [5, 5.41) is 3.08. The molecule has 0 bridgehead atoms. The molecule has 4 rings (SSSR count). The van der Waals surface area contributed by atoms with E-state index in [1.54, 1.807) is 7.11 Å². The van der Waals surface area contributed by atoms with Crippen LogP contribution in [0.25, 0.3) is 0 Å². The molecule has 2 amide bonds. The topological polar surface area (TPSA) is 50.7 Å². The van der Waals surface area contributed by atoms with E-state index in [0.717, 1.165) is 41.0 Å². The fourth-order valence-corrected chi connectivity index (χ4v) is 4.01. The van der Waals surface area contributed by atoms with Crippen LogP contribution in [-0.2, 0) is 6.42 Å². The van der Waals surface area contributed by atoms with Gasteiger partial charge in [-0.15, -0.1) is 0 Å². The van der Waals surface area contributed by atoms with Gasteiger partial charge in [0.1, 0.15) is 5.75 Å². The summed E-state index contributed by atoms with van der Waals surface area (Å²) < 4.78 is 5.50. The number of nitrogens with zero attached hydrogens (tertiary/aromatic N) is 1. The zero-order valence-corrected chi connectivity index (χ0v) is 14.8. The molecule has 2 aliphatic rings. The summed E-state index contributed by atoms with van der Waals surface area (Å²) in [6.07, 6.45) is 1.88. The first-order valence-corrected chi connectivity index (χ1v) is 8.71. The highest BCUT2D eigenvalue weighted by Gasteiger charge is 2.38. The second kappa shape index (κ2) is 6.03. The van der Waals surface area contributed by atoms with Crippen LogP contribution < -0.4 is 10.1 Å². The molecule has 4 nitrogen and oxygen atoms in total. The lowest BCUT2D eigenvalue weighted by Gasteiger charge is -2.36. The van der Waals surface area contributed by atoms with E-state index in [-0.39, 0.29) is 18.0 Å². The van der Waals surface area contributed by atoms with E-state index in [1.807, 2.05) is 12.1 Å². The van der Waals surface area contributed by atoms with Crippen molar-refractivity contribution in [1.29, 1.82) is 0 Å². The van der Waals surface area contributed by atoms with Gasteiger partial charge in [0, 0.05) is 17.0 Å². The third-order valence-corrected chi connectivity index (χ3v) is 5.48. The van der Waals surface area contributed by atoms with Crippen molar-refractivity contribution in [2.75, 3.05) is 7.11 Å². The Morgan fingerprint density at radius 1 is 1.16 bits per heavy atom. The second-order valence-corrected chi connectivity index (χ2v) is 6.90. The zero-order valence-electron chi connectivity index (χ0n) is 14.8. The van der Waals surface area contributed by atoms with Crippen LogP contribution in [0.3, 0.4) is 0 Å². The quantitative estimate of drug-likeness (QED) is 0.898. The van der Waals surface area contributed by atoms with Gasteiger partial charge in [-0.25, -0.2) is 4.79 Å². The molecule has 2 aromatic carbocycles. The standard InChI is InChI=1S/C21H22N2O2/c1-12-7-8-14(11-13(12)2)19-17-10-9-15-16(5-4-6-18(15)25-3)20(17)23-21(24)22-19/h4-8,11,17,19H,9-10H2,1-3H3,(H,22,24).